The topological polar surface area (TPSA) is 15.3 Å². The third kappa shape index (κ3) is 5.65. The van der Waals surface area contributed by atoms with E-state index in [-0.39, 0.29) is 24.8 Å². The van der Waals surface area contributed by atoms with Gasteiger partial charge in [-0.25, -0.2) is 0 Å². The number of nitrogens with zero attached hydrogens (tertiary/aromatic N) is 1. The van der Waals surface area contributed by atoms with Crippen LogP contribution in [0, 0.1) is 0 Å². The molecule has 1 fully saturated rings. The Morgan fingerprint density at radius 3 is 1.78 bits per heavy atom. The predicted molar refractivity (Wildman–Crippen MR) is 38.9 cm³/mol. The van der Waals surface area contributed by atoms with Gasteiger partial charge in [0.1, 0.15) is 0 Å². The maximum atomic E-state index is 3.27. The van der Waals surface area contributed by atoms with E-state index in [0.717, 1.165) is 13.1 Å². The Hall–Kier alpha value is 1.21. The molecule has 0 aromatic rings. The van der Waals surface area contributed by atoms with Gasteiger partial charge in [0.2, 0.25) is 0 Å². The Kier molecular flexibility index (Phi) is 10.5. The Labute approximate surface area is 80.3 Å². The zero-order valence-electron chi connectivity index (χ0n) is 5.09. The summed E-state index contributed by atoms with van der Waals surface area (Å²) < 4.78 is 2.33. The average molecular weight is 206 g/mol. The predicted octanol–water partition coefficient (Wildman–Crippen LogP) is 0.197. The second-order valence-electron chi connectivity index (χ2n) is 1.74. The fourth-order valence-electron chi connectivity index (χ4n) is 0.665. The molecule has 0 radical (unpaired) electrons. The zero-order chi connectivity index (χ0) is 5.11. The molecule has 0 spiro atoms. The Morgan fingerprint density at radius 2 is 1.56 bits per heavy atom. The normalized spacial score (nSPS) is 19.4. The van der Waals surface area contributed by atoms with Crippen LogP contribution >= 0.6 is 24.8 Å². The first-order valence-corrected chi connectivity index (χ1v) is 3.26. The summed E-state index contributed by atoms with van der Waals surface area (Å²) in [5.41, 5.74) is 0. The van der Waals surface area contributed by atoms with Crippen molar-refractivity contribution in [2.24, 2.45) is 0 Å². The van der Waals surface area contributed by atoms with Crippen LogP contribution in [0.3, 0.4) is 0 Å². The zero-order valence-corrected chi connectivity index (χ0v) is 8.29. The van der Waals surface area contributed by atoms with E-state index in [4.69, 9.17) is 0 Å². The van der Waals surface area contributed by atoms with Crippen LogP contribution in [-0.4, -0.2) is 29.6 Å². The van der Waals surface area contributed by atoms with Gasteiger partial charge in [0.25, 0.3) is 0 Å². The summed E-state index contributed by atoms with van der Waals surface area (Å²) in [6.07, 6.45) is 0. The summed E-state index contributed by atoms with van der Waals surface area (Å²) in [7, 11) is 0. The summed E-state index contributed by atoms with van der Waals surface area (Å²) in [6.45, 7) is 4.74. The Bertz CT molecular complexity index is 58.5. The van der Waals surface area contributed by atoms with Gasteiger partial charge >= 0.3 is 55.6 Å². The molecule has 1 heterocycles. The van der Waals surface area contributed by atoms with E-state index in [2.05, 4.69) is 29.4 Å². The molecule has 1 saturated heterocycles. The fraction of sp³-hybridized carbons (Fsp3) is 1.00. The van der Waals surface area contributed by atoms with E-state index in [0.29, 0.717) is 0 Å². The summed E-state index contributed by atoms with van der Waals surface area (Å²) >= 11 is 2.15. The van der Waals surface area contributed by atoms with Crippen molar-refractivity contribution in [1.29, 1.82) is 0 Å². The van der Waals surface area contributed by atoms with Crippen molar-refractivity contribution in [2.75, 3.05) is 26.2 Å². The van der Waals surface area contributed by atoms with Crippen LogP contribution in [0.1, 0.15) is 0 Å². The Balaban J connectivity index is 0. The standard InChI is InChI=1S/C4H9N2.2ClH.Ti/c1-2-6-4-3-5-1;;;/h5H,1-4H2;2*1H;/q-1;;;+1. The van der Waals surface area contributed by atoms with Gasteiger partial charge < -0.3 is 0 Å². The summed E-state index contributed by atoms with van der Waals surface area (Å²) in [6, 6.07) is 0. The van der Waals surface area contributed by atoms with Gasteiger partial charge in [-0.05, 0) is 0 Å². The van der Waals surface area contributed by atoms with Crippen LogP contribution < -0.4 is 5.32 Å². The van der Waals surface area contributed by atoms with Crippen LogP contribution in [0.25, 0.3) is 0 Å². The maximum absolute atomic E-state index is 3.27. The molecule has 0 bridgehead atoms. The molecule has 9 heavy (non-hydrogen) atoms. The molecule has 0 unspecified atom stereocenters. The molecule has 0 aromatic carbocycles. The second kappa shape index (κ2) is 7.32. The second-order valence-corrected chi connectivity index (χ2v) is 2.72. The van der Waals surface area contributed by atoms with E-state index in [1.165, 1.54) is 13.1 Å². The van der Waals surface area contributed by atoms with Gasteiger partial charge in [-0.2, -0.15) is 0 Å². The summed E-state index contributed by atoms with van der Waals surface area (Å²) in [5, 5.41) is 3.27. The first-order valence-electron chi connectivity index (χ1n) is 2.56. The van der Waals surface area contributed by atoms with Crippen LogP contribution in [0.5, 0.6) is 0 Å². The van der Waals surface area contributed by atoms with Crippen molar-refractivity contribution in [3.05, 3.63) is 0 Å². The van der Waals surface area contributed by atoms with Crippen LogP contribution in [0.2, 0.25) is 0 Å². The van der Waals surface area contributed by atoms with E-state index >= 15 is 0 Å². The van der Waals surface area contributed by atoms with Gasteiger partial charge in [-0.3, -0.25) is 0 Å². The number of nitrogens with one attached hydrogen (secondary N) is 1. The molecule has 1 N–H and O–H groups in total. The minimum atomic E-state index is 0. The third-order valence-corrected chi connectivity index (χ3v) is 1.82. The van der Waals surface area contributed by atoms with Crippen molar-refractivity contribution in [3.63, 3.8) is 0 Å². The molecule has 1 rings (SSSR count). The molecular formula is C4H11Cl2N2Ti. The van der Waals surface area contributed by atoms with Crippen LogP contribution in [-0.2, 0) is 20.7 Å². The minimum absolute atomic E-state index is 0. The quantitative estimate of drug-likeness (QED) is 0.569. The monoisotopic (exact) mass is 205 g/mol. The van der Waals surface area contributed by atoms with E-state index in [9.17, 15) is 0 Å². The van der Waals surface area contributed by atoms with Gasteiger partial charge in [0, 0.05) is 0 Å². The van der Waals surface area contributed by atoms with Crippen molar-refractivity contribution < 1.29 is 20.7 Å². The van der Waals surface area contributed by atoms with Gasteiger partial charge in [0.05, 0.1) is 0 Å². The molecule has 0 aliphatic carbocycles. The number of rotatable bonds is 0. The van der Waals surface area contributed by atoms with E-state index in [1.54, 1.807) is 0 Å². The number of halogens is 2. The van der Waals surface area contributed by atoms with Crippen molar-refractivity contribution >= 4 is 24.8 Å². The first kappa shape index (κ1) is 12.9. The molecule has 1 aliphatic heterocycles. The van der Waals surface area contributed by atoms with Crippen LogP contribution in [0.15, 0.2) is 0 Å². The van der Waals surface area contributed by atoms with E-state index < -0.39 is 0 Å². The molecule has 0 amide bonds. The Morgan fingerprint density at radius 1 is 1.11 bits per heavy atom. The van der Waals surface area contributed by atoms with Crippen molar-refractivity contribution in [3.8, 4) is 0 Å². The molecule has 0 atom stereocenters. The molecule has 2 nitrogen and oxygen atoms in total. The summed E-state index contributed by atoms with van der Waals surface area (Å²) in [4.78, 5) is 0. The van der Waals surface area contributed by atoms with Gasteiger partial charge in [-0.1, -0.05) is 0 Å². The molecule has 1 aliphatic rings. The molecule has 5 heteroatoms. The number of hydrogen-bond donors (Lipinski definition) is 1. The van der Waals surface area contributed by atoms with Crippen molar-refractivity contribution in [1.82, 2.24) is 8.70 Å². The molecule has 0 saturated carbocycles. The molecule has 55 valence electrons. The number of piperazine rings is 1. The molecule has 0 aromatic heterocycles. The van der Waals surface area contributed by atoms with Crippen LogP contribution in [0.4, 0.5) is 0 Å². The third-order valence-electron chi connectivity index (χ3n) is 1.12. The first-order chi connectivity index (χ1) is 3.39. The van der Waals surface area contributed by atoms with Gasteiger partial charge in [-0.15, -0.1) is 24.8 Å². The average Bonchev–Trinajstić information content (AvgIpc) is 1.69. The summed E-state index contributed by atoms with van der Waals surface area (Å²) in [5.74, 6) is 0. The SMILES string of the molecule is Cl.Cl.[Ti][N]1CCNCC1. The fourth-order valence-corrected chi connectivity index (χ4v) is 1.01. The van der Waals surface area contributed by atoms with Gasteiger partial charge in [0.15, 0.2) is 0 Å². The van der Waals surface area contributed by atoms with Crippen molar-refractivity contribution in [2.45, 2.75) is 0 Å². The number of hydrogen-bond acceptors (Lipinski definition) is 2. The molecular weight excluding hydrogens is 195 g/mol. The van der Waals surface area contributed by atoms with E-state index in [1.807, 2.05) is 0 Å².